The monoisotopic (exact) mass is 413 g/mol. The molecule has 1 aromatic heterocycles. The number of hydrogen-bond acceptors (Lipinski definition) is 5. The van der Waals surface area contributed by atoms with Crippen LogP contribution in [0, 0.1) is 6.92 Å². The van der Waals surface area contributed by atoms with Gasteiger partial charge < -0.3 is 9.80 Å². The average Bonchev–Trinajstić information content (AvgIpc) is 3.16. The van der Waals surface area contributed by atoms with Gasteiger partial charge in [-0.15, -0.1) is 0 Å². The van der Waals surface area contributed by atoms with Crippen LogP contribution in [0.4, 0.5) is 5.95 Å². The topological polar surface area (TPSA) is 52.6 Å². The number of nitrogens with zero attached hydrogens (tertiary/aromatic N) is 5. The van der Waals surface area contributed by atoms with Gasteiger partial charge in [0.2, 0.25) is 5.95 Å². The van der Waals surface area contributed by atoms with Crippen LogP contribution in [0.2, 0.25) is 5.02 Å². The molecule has 0 N–H and O–H groups in total. The van der Waals surface area contributed by atoms with Crippen LogP contribution in [0.3, 0.4) is 0 Å². The molecule has 7 heteroatoms. The number of halogens is 1. The summed E-state index contributed by atoms with van der Waals surface area (Å²) in [7, 11) is 0. The summed E-state index contributed by atoms with van der Waals surface area (Å²) in [5.41, 5.74) is 2.99. The van der Waals surface area contributed by atoms with Crippen molar-refractivity contribution in [2.24, 2.45) is 0 Å². The summed E-state index contributed by atoms with van der Waals surface area (Å²) in [6.45, 7) is 8.18. The van der Waals surface area contributed by atoms with Gasteiger partial charge in [0.15, 0.2) is 5.69 Å². The standard InChI is InChI=1S/C22H28ClN5O/c1-17-7-2-3-8-18(17)16-26-9-6-12-27(14-13-26)21(29)20-19(23)15-24-22(25-20)28-10-4-5-11-28/h2-3,7-8,15H,4-6,9-14,16H2,1H3. The van der Waals surface area contributed by atoms with Crippen molar-refractivity contribution in [2.75, 3.05) is 44.2 Å². The number of aromatic nitrogens is 2. The molecule has 6 nitrogen and oxygen atoms in total. The van der Waals surface area contributed by atoms with Gasteiger partial charge >= 0.3 is 0 Å². The summed E-state index contributed by atoms with van der Waals surface area (Å²) in [4.78, 5) is 28.5. The van der Waals surface area contributed by atoms with E-state index in [9.17, 15) is 4.79 Å². The molecule has 154 valence electrons. The van der Waals surface area contributed by atoms with Crippen LogP contribution < -0.4 is 4.90 Å². The van der Waals surface area contributed by atoms with E-state index in [0.717, 1.165) is 58.5 Å². The maximum absolute atomic E-state index is 13.2. The first-order valence-electron chi connectivity index (χ1n) is 10.5. The van der Waals surface area contributed by atoms with Crippen LogP contribution in [0.15, 0.2) is 30.5 Å². The number of anilines is 1. The maximum Gasteiger partial charge on any atom is 0.274 e. The first kappa shape index (κ1) is 20.1. The summed E-state index contributed by atoms with van der Waals surface area (Å²) in [6, 6.07) is 8.50. The van der Waals surface area contributed by atoms with E-state index in [4.69, 9.17) is 11.6 Å². The van der Waals surface area contributed by atoms with E-state index in [1.54, 1.807) is 6.20 Å². The summed E-state index contributed by atoms with van der Waals surface area (Å²) >= 11 is 6.31. The second-order valence-corrected chi connectivity index (χ2v) is 8.32. The lowest BCUT2D eigenvalue weighted by Gasteiger charge is -2.23. The molecule has 0 atom stereocenters. The lowest BCUT2D eigenvalue weighted by molar-refractivity contribution is 0.0755. The number of aryl methyl sites for hydroxylation is 1. The van der Waals surface area contributed by atoms with Crippen molar-refractivity contribution in [2.45, 2.75) is 32.7 Å². The largest absolute Gasteiger partial charge is 0.341 e. The van der Waals surface area contributed by atoms with E-state index < -0.39 is 0 Å². The van der Waals surface area contributed by atoms with Gasteiger partial charge in [0.1, 0.15) is 0 Å². The Morgan fingerprint density at radius 3 is 2.62 bits per heavy atom. The third-order valence-electron chi connectivity index (χ3n) is 5.85. The van der Waals surface area contributed by atoms with Crippen LogP contribution in [0.25, 0.3) is 0 Å². The van der Waals surface area contributed by atoms with E-state index in [-0.39, 0.29) is 5.91 Å². The second-order valence-electron chi connectivity index (χ2n) is 7.91. The fourth-order valence-corrected chi connectivity index (χ4v) is 4.26. The zero-order chi connectivity index (χ0) is 20.2. The predicted octanol–water partition coefficient (Wildman–Crippen LogP) is 3.39. The molecular formula is C22H28ClN5O. The number of rotatable bonds is 4. The van der Waals surface area contributed by atoms with Gasteiger partial charge in [-0.2, -0.15) is 0 Å². The Hall–Kier alpha value is -2.18. The van der Waals surface area contributed by atoms with Gasteiger partial charge in [0.05, 0.1) is 11.2 Å². The van der Waals surface area contributed by atoms with E-state index >= 15 is 0 Å². The summed E-state index contributed by atoms with van der Waals surface area (Å²) in [5.74, 6) is 0.529. The summed E-state index contributed by atoms with van der Waals surface area (Å²) < 4.78 is 0. The van der Waals surface area contributed by atoms with Crippen LogP contribution in [-0.2, 0) is 6.54 Å². The number of carbonyl (C=O) groups is 1. The minimum atomic E-state index is -0.0874. The lowest BCUT2D eigenvalue weighted by atomic mass is 10.1. The molecule has 1 aromatic carbocycles. The third kappa shape index (κ3) is 4.70. The first-order chi connectivity index (χ1) is 14.1. The molecule has 2 saturated heterocycles. The average molecular weight is 414 g/mol. The fourth-order valence-electron chi connectivity index (χ4n) is 4.09. The van der Waals surface area contributed by atoms with Crippen molar-refractivity contribution in [3.05, 3.63) is 52.3 Å². The Morgan fingerprint density at radius 2 is 1.83 bits per heavy atom. The van der Waals surface area contributed by atoms with Gasteiger partial charge in [0.25, 0.3) is 5.91 Å². The molecule has 0 unspecified atom stereocenters. The van der Waals surface area contributed by atoms with Gasteiger partial charge in [-0.05, 0) is 37.3 Å². The van der Waals surface area contributed by atoms with E-state index in [0.29, 0.717) is 23.2 Å². The van der Waals surface area contributed by atoms with Gasteiger partial charge in [0, 0.05) is 45.8 Å². The molecule has 0 bridgehead atoms. The quantitative estimate of drug-likeness (QED) is 0.769. The molecule has 0 saturated carbocycles. The molecule has 2 aliphatic rings. The zero-order valence-corrected chi connectivity index (χ0v) is 17.7. The highest BCUT2D eigenvalue weighted by Gasteiger charge is 2.25. The van der Waals surface area contributed by atoms with E-state index in [1.165, 1.54) is 11.1 Å². The Labute approximate surface area is 177 Å². The van der Waals surface area contributed by atoms with E-state index in [2.05, 4.69) is 51.0 Å². The Morgan fingerprint density at radius 1 is 1.03 bits per heavy atom. The fraction of sp³-hybridized carbons (Fsp3) is 0.500. The van der Waals surface area contributed by atoms with Crippen LogP contribution in [0.1, 0.15) is 40.9 Å². The van der Waals surface area contributed by atoms with Crippen LogP contribution >= 0.6 is 11.6 Å². The number of benzene rings is 1. The second kappa shape index (κ2) is 9.09. The van der Waals surface area contributed by atoms with Gasteiger partial charge in [-0.25, -0.2) is 9.97 Å². The van der Waals surface area contributed by atoms with Gasteiger partial charge in [-0.3, -0.25) is 9.69 Å². The highest BCUT2D eigenvalue weighted by Crippen LogP contribution is 2.22. The number of carbonyl (C=O) groups excluding carboxylic acids is 1. The third-order valence-corrected chi connectivity index (χ3v) is 6.13. The SMILES string of the molecule is Cc1ccccc1CN1CCCN(C(=O)c2nc(N3CCCC3)ncc2Cl)CC1. The predicted molar refractivity (Wildman–Crippen MR) is 115 cm³/mol. The lowest BCUT2D eigenvalue weighted by Crippen LogP contribution is -2.36. The van der Waals surface area contributed by atoms with Crippen molar-refractivity contribution < 1.29 is 4.79 Å². The molecule has 1 amide bonds. The molecular weight excluding hydrogens is 386 g/mol. The summed E-state index contributed by atoms with van der Waals surface area (Å²) in [6.07, 6.45) is 4.79. The summed E-state index contributed by atoms with van der Waals surface area (Å²) in [5, 5.41) is 0.332. The zero-order valence-electron chi connectivity index (χ0n) is 17.0. The van der Waals surface area contributed by atoms with Gasteiger partial charge in [-0.1, -0.05) is 35.9 Å². The van der Waals surface area contributed by atoms with E-state index in [1.807, 2.05) is 4.90 Å². The molecule has 0 spiro atoms. The Bertz CT molecular complexity index is 868. The normalized spacial score (nSPS) is 18.1. The molecule has 2 aromatic rings. The highest BCUT2D eigenvalue weighted by molar-refractivity contribution is 6.33. The first-order valence-corrected chi connectivity index (χ1v) is 10.8. The molecule has 29 heavy (non-hydrogen) atoms. The minimum absolute atomic E-state index is 0.0874. The molecule has 3 heterocycles. The molecule has 2 aliphatic heterocycles. The maximum atomic E-state index is 13.2. The van der Waals surface area contributed by atoms with Crippen molar-refractivity contribution in [1.29, 1.82) is 0 Å². The van der Waals surface area contributed by atoms with Crippen LogP contribution in [-0.4, -0.2) is 64.9 Å². The molecule has 0 aliphatic carbocycles. The van der Waals surface area contributed by atoms with Crippen molar-refractivity contribution >= 4 is 23.5 Å². The number of amides is 1. The van der Waals surface area contributed by atoms with Crippen molar-refractivity contribution in [3.8, 4) is 0 Å². The van der Waals surface area contributed by atoms with Crippen molar-refractivity contribution in [3.63, 3.8) is 0 Å². The Kier molecular flexibility index (Phi) is 6.31. The number of hydrogen-bond donors (Lipinski definition) is 0. The Balaban J connectivity index is 1.43. The smallest absolute Gasteiger partial charge is 0.274 e. The highest BCUT2D eigenvalue weighted by atomic mass is 35.5. The molecule has 0 radical (unpaired) electrons. The minimum Gasteiger partial charge on any atom is -0.341 e. The van der Waals surface area contributed by atoms with Crippen LogP contribution in [0.5, 0.6) is 0 Å². The molecule has 2 fully saturated rings. The van der Waals surface area contributed by atoms with Crippen molar-refractivity contribution in [1.82, 2.24) is 19.8 Å². The molecule has 4 rings (SSSR count).